The average molecular weight is 267 g/mol. The second-order valence-corrected chi connectivity index (χ2v) is 4.50. The number of benzene rings is 1. The van der Waals surface area contributed by atoms with Crippen LogP contribution >= 0.6 is 0 Å². The number of nitrogens with zero attached hydrogens (tertiary/aromatic N) is 3. The lowest BCUT2D eigenvalue weighted by atomic mass is 9.99. The molecule has 1 aromatic heterocycles. The first-order valence-corrected chi connectivity index (χ1v) is 5.92. The van der Waals surface area contributed by atoms with Crippen molar-refractivity contribution >= 4 is 0 Å². The van der Waals surface area contributed by atoms with Crippen LogP contribution < -0.4 is 4.74 Å². The number of para-hydroxylation sites is 1. The molecule has 0 aliphatic rings. The lowest BCUT2D eigenvalue weighted by molar-refractivity contribution is -0.0501. The number of alkyl halides is 2. The van der Waals surface area contributed by atoms with Gasteiger partial charge in [-0.3, -0.25) is 4.68 Å². The summed E-state index contributed by atoms with van der Waals surface area (Å²) in [5, 5.41) is 4.13. The monoisotopic (exact) mass is 267 g/mol. The molecule has 0 atom stereocenters. The molecule has 0 unspecified atom stereocenters. The Kier molecular flexibility index (Phi) is 3.78. The SMILES string of the molecule is CC(C)c1cccc(-c2ncn(C)n2)c1OC(F)F. The van der Waals surface area contributed by atoms with Crippen LogP contribution in [0.1, 0.15) is 25.3 Å². The van der Waals surface area contributed by atoms with Crippen LogP contribution in [0.4, 0.5) is 8.78 Å². The molecule has 2 aromatic rings. The molecule has 0 fully saturated rings. The van der Waals surface area contributed by atoms with E-state index < -0.39 is 6.61 Å². The quantitative estimate of drug-likeness (QED) is 0.854. The Morgan fingerprint density at radius 2 is 2.00 bits per heavy atom. The van der Waals surface area contributed by atoms with E-state index in [1.807, 2.05) is 13.8 Å². The summed E-state index contributed by atoms with van der Waals surface area (Å²) in [6.07, 6.45) is 1.52. The number of aromatic nitrogens is 3. The van der Waals surface area contributed by atoms with Crippen LogP contribution in [0.15, 0.2) is 24.5 Å². The summed E-state index contributed by atoms with van der Waals surface area (Å²) in [6, 6.07) is 5.24. The highest BCUT2D eigenvalue weighted by Gasteiger charge is 2.19. The second-order valence-electron chi connectivity index (χ2n) is 4.50. The van der Waals surface area contributed by atoms with Gasteiger partial charge in [0, 0.05) is 7.05 Å². The van der Waals surface area contributed by atoms with Gasteiger partial charge in [0.05, 0.1) is 5.56 Å². The van der Waals surface area contributed by atoms with Gasteiger partial charge in [0.2, 0.25) is 0 Å². The minimum atomic E-state index is -2.87. The predicted molar refractivity (Wildman–Crippen MR) is 67.2 cm³/mol. The summed E-state index contributed by atoms with van der Waals surface area (Å²) in [6.45, 7) is 0.967. The Morgan fingerprint density at radius 3 is 2.53 bits per heavy atom. The highest BCUT2D eigenvalue weighted by Crippen LogP contribution is 2.36. The van der Waals surface area contributed by atoms with Crippen LogP contribution in [-0.4, -0.2) is 21.4 Å². The van der Waals surface area contributed by atoms with E-state index in [0.29, 0.717) is 17.0 Å². The molecular formula is C13H15F2N3O. The van der Waals surface area contributed by atoms with Crippen LogP contribution in [0.25, 0.3) is 11.4 Å². The van der Waals surface area contributed by atoms with E-state index in [0.717, 1.165) is 0 Å². The Bertz CT molecular complexity index is 567. The highest BCUT2D eigenvalue weighted by molar-refractivity contribution is 5.66. The zero-order chi connectivity index (χ0) is 14.0. The standard InChI is InChI=1S/C13H15F2N3O/c1-8(2)9-5-4-6-10(11(9)19-13(14)15)12-16-7-18(3)17-12/h4-8,13H,1-3H3. The number of hydrogen-bond donors (Lipinski definition) is 0. The van der Waals surface area contributed by atoms with Crippen molar-refractivity contribution in [2.75, 3.05) is 0 Å². The van der Waals surface area contributed by atoms with Crippen LogP contribution in [0.3, 0.4) is 0 Å². The summed E-state index contributed by atoms with van der Waals surface area (Å²) < 4.78 is 31.4. The smallest absolute Gasteiger partial charge is 0.387 e. The molecule has 0 bridgehead atoms. The topological polar surface area (TPSA) is 39.9 Å². The van der Waals surface area contributed by atoms with Crippen LogP contribution in [0.2, 0.25) is 0 Å². The van der Waals surface area contributed by atoms with Crippen molar-refractivity contribution in [1.29, 1.82) is 0 Å². The van der Waals surface area contributed by atoms with E-state index in [-0.39, 0.29) is 11.7 Å². The minimum absolute atomic E-state index is 0.0670. The Morgan fingerprint density at radius 1 is 1.26 bits per heavy atom. The van der Waals surface area contributed by atoms with Gasteiger partial charge in [-0.2, -0.15) is 13.9 Å². The maximum absolute atomic E-state index is 12.6. The summed E-state index contributed by atoms with van der Waals surface area (Å²) >= 11 is 0. The Hall–Kier alpha value is -1.98. The summed E-state index contributed by atoms with van der Waals surface area (Å²) in [5.74, 6) is 0.594. The molecular weight excluding hydrogens is 252 g/mol. The summed E-state index contributed by atoms with van der Waals surface area (Å²) in [7, 11) is 1.72. The molecule has 6 heteroatoms. The molecule has 0 saturated heterocycles. The number of ether oxygens (including phenoxy) is 1. The van der Waals surface area contributed by atoms with Crippen molar-refractivity contribution in [2.45, 2.75) is 26.4 Å². The van der Waals surface area contributed by atoms with Gasteiger partial charge in [0.1, 0.15) is 12.1 Å². The molecule has 1 aromatic carbocycles. The van der Waals surface area contributed by atoms with Crippen molar-refractivity contribution in [3.05, 3.63) is 30.1 Å². The molecule has 0 aliphatic carbocycles. The third-order valence-corrected chi connectivity index (χ3v) is 2.71. The first-order chi connectivity index (χ1) is 8.99. The zero-order valence-corrected chi connectivity index (χ0v) is 11.0. The summed E-state index contributed by atoms with van der Waals surface area (Å²) in [5.41, 5.74) is 1.19. The normalized spacial score (nSPS) is 11.3. The van der Waals surface area contributed by atoms with E-state index in [1.165, 1.54) is 11.0 Å². The van der Waals surface area contributed by atoms with E-state index in [2.05, 4.69) is 14.8 Å². The van der Waals surface area contributed by atoms with E-state index >= 15 is 0 Å². The van der Waals surface area contributed by atoms with E-state index in [4.69, 9.17) is 0 Å². The maximum Gasteiger partial charge on any atom is 0.387 e. The van der Waals surface area contributed by atoms with Crippen molar-refractivity contribution in [3.63, 3.8) is 0 Å². The molecule has 0 radical (unpaired) electrons. The molecule has 4 nitrogen and oxygen atoms in total. The average Bonchev–Trinajstić information content (AvgIpc) is 2.75. The van der Waals surface area contributed by atoms with E-state index in [1.54, 1.807) is 25.2 Å². The molecule has 0 amide bonds. The lowest BCUT2D eigenvalue weighted by Gasteiger charge is -2.16. The Balaban J connectivity index is 2.56. The Labute approximate surface area is 110 Å². The van der Waals surface area contributed by atoms with Crippen molar-refractivity contribution in [2.24, 2.45) is 7.05 Å². The first-order valence-electron chi connectivity index (χ1n) is 5.92. The molecule has 0 N–H and O–H groups in total. The summed E-state index contributed by atoms with van der Waals surface area (Å²) in [4.78, 5) is 4.08. The number of rotatable bonds is 4. The molecule has 1 heterocycles. The van der Waals surface area contributed by atoms with Gasteiger partial charge in [-0.05, 0) is 17.5 Å². The molecule has 102 valence electrons. The zero-order valence-electron chi connectivity index (χ0n) is 11.0. The fourth-order valence-corrected chi connectivity index (χ4v) is 1.87. The maximum atomic E-state index is 12.6. The van der Waals surface area contributed by atoms with Gasteiger partial charge in [0.25, 0.3) is 0 Å². The molecule has 0 spiro atoms. The van der Waals surface area contributed by atoms with E-state index in [9.17, 15) is 8.78 Å². The molecule has 2 rings (SSSR count). The third-order valence-electron chi connectivity index (χ3n) is 2.71. The first kappa shape index (κ1) is 13.5. The number of hydrogen-bond acceptors (Lipinski definition) is 3. The fraction of sp³-hybridized carbons (Fsp3) is 0.385. The highest BCUT2D eigenvalue weighted by atomic mass is 19.3. The second kappa shape index (κ2) is 5.34. The molecule has 19 heavy (non-hydrogen) atoms. The molecule has 0 aliphatic heterocycles. The van der Waals surface area contributed by atoms with Crippen molar-refractivity contribution < 1.29 is 13.5 Å². The van der Waals surface area contributed by atoms with Crippen molar-refractivity contribution in [1.82, 2.24) is 14.8 Å². The predicted octanol–water partition coefficient (Wildman–Crippen LogP) is 3.21. The lowest BCUT2D eigenvalue weighted by Crippen LogP contribution is -2.07. The van der Waals surface area contributed by atoms with Crippen LogP contribution in [0, 0.1) is 0 Å². The van der Waals surface area contributed by atoms with Gasteiger partial charge in [-0.15, -0.1) is 0 Å². The van der Waals surface area contributed by atoms with Crippen LogP contribution in [-0.2, 0) is 7.05 Å². The number of halogens is 2. The van der Waals surface area contributed by atoms with Gasteiger partial charge in [-0.25, -0.2) is 4.98 Å². The number of aryl methyl sites for hydroxylation is 1. The van der Waals surface area contributed by atoms with Gasteiger partial charge < -0.3 is 4.74 Å². The third kappa shape index (κ3) is 2.89. The minimum Gasteiger partial charge on any atom is -0.434 e. The van der Waals surface area contributed by atoms with Crippen LogP contribution in [0.5, 0.6) is 5.75 Å². The fourth-order valence-electron chi connectivity index (χ4n) is 1.87. The van der Waals surface area contributed by atoms with Gasteiger partial charge >= 0.3 is 6.61 Å². The molecule has 0 saturated carbocycles. The largest absolute Gasteiger partial charge is 0.434 e. The van der Waals surface area contributed by atoms with Gasteiger partial charge in [0.15, 0.2) is 5.82 Å². The van der Waals surface area contributed by atoms with Crippen molar-refractivity contribution in [3.8, 4) is 17.1 Å². The van der Waals surface area contributed by atoms with Gasteiger partial charge in [-0.1, -0.05) is 26.0 Å².